The minimum Gasteiger partial charge on any atom is -0.493 e. The molecule has 146 valence electrons. The van der Waals surface area contributed by atoms with Gasteiger partial charge in [-0.1, -0.05) is 41.4 Å². The summed E-state index contributed by atoms with van der Waals surface area (Å²) in [5, 5.41) is 4.80. The Balaban J connectivity index is 1.72. The van der Waals surface area contributed by atoms with Crippen LogP contribution in [0.2, 0.25) is 10.0 Å². The smallest absolute Gasteiger partial charge is 0.175 e. The zero-order chi connectivity index (χ0) is 20.1. The Morgan fingerprint density at radius 3 is 2.54 bits per heavy atom. The summed E-state index contributed by atoms with van der Waals surface area (Å²) in [6, 6.07) is 17.5. The molecule has 0 bridgehead atoms. The van der Waals surface area contributed by atoms with Crippen LogP contribution in [-0.2, 0) is 13.2 Å². The molecule has 0 fully saturated rings. The first-order chi connectivity index (χ1) is 13.5. The van der Waals surface area contributed by atoms with Crippen LogP contribution in [0.1, 0.15) is 16.7 Å². The molecule has 1 N–H and O–H groups in total. The van der Waals surface area contributed by atoms with Crippen molar-refractivity contribution in [2.75, 3.05) is 12.4 Å². The van der Waals surface area contributed by atoms with E-state index in [4.69, 9.17) is 32.7 Å². The van der Waals surface area contributed by atoms with Crippen LogP contribution < -0.4 is 14.8 Å². The van der Waals surface area contributed by atoms with Gasteiger partial charge < -0.3 is 14.8 Å². The molecule has 0 saturated carbocycles. The second kappa shape index (κ2) is 9.55. The number of hydrogen-bond acceptors (Lipinski definition) is 3. The Morgan fingerprint density at radius 1 is 1.00 bits per heavy atom. The highest BCUT2D eigenvalue weighted by Gasteiger charge is 2.12. The highest BCUT2D eigenvalue weighted by molar-refractivity contribution is 9.10. The molecule has 0 aliphatic rings. The van der Waals surface area contributed by atoms with Gasteiger partial charge in [-0.05, 0) is 75.9 Å². The highest BCUT2D eigenvalue weighted by Crippen LogP contribution is 2.37. The van der Waals surface area contributed by atoms with Crippen LogP contribution in [0.5, 0.6) is 11.5 Å². The third-order valence-corrected chi connectivity index (χ3v) is 5.46. The molecule has 0 aromatic heterocycles. The molecule has 0 aliphatic carbocycles. The number of anilines is 1. The van der Waals surface area contributed by atoms with Crippen LogP contribution in [0.15, 0.2) is 59.1 Å². The van der Waals surface area contributed by atoms with Gasteiger partial charge in [0.05, 0.1) is 11.6 Å². The van der Waals surface area contributed by atoms with E-state index < -0.39 is 0 Å². The van der Waals surface area contributed by atoms with E-state index in [1.165, 1.54) is 0 Å². The van der Waals surface area contributed by atoms with Crippen LogP contribution in [0.4, 0.5) is 5.69 Å². The third-order valence-electron chi connectivity index (χ3n) is 4.23. The fourth-order valence-electron chi connectivity index (χ4n) is 2.70. The number of rotatable bonds is 7. The summed E-state index contributed by atoms with van der Waals surface area (Å²) in [6.45, 7) is 3.01. The first-order valence-electron chi connectivity index (χ1n) is 8.70. The van der Waals surface area contributed by atoms with Gasteiger partial charge in [0.25, 0.3) is 0 Å². The second-order valence-electron chi connectivity index (χ2n) is 6.35. The van der Waals surface area contributed by atoms with Gasteiger partial charge in [-0.25, -0.2) is 0 Å². The average Bonchev–Trinajstić information content (AvgIpc) is 2.67. The summed E-state index contributed by atoms with van der Waals surface area (Å²) < 4.78 is 12.3. The second-order valence-corrected chi connectivity index (χ2v) is 8.04. The lowest BCUT2D eigenvalue weighted by Crippen LogP contribution is -2.03. The van der Waals surface area contributed by atoms with Crippen molar-refractivity contribution in [3.63, 3.8) is 0 Å². The molecule has 6 heteroatoms. The van der Waals surface area contributed by atoms with Gasteiger partial charge in [-0.15, -0.1) is 0 Å². The number of aryl methyl sites for hydroxylation is 1. The molecule has 0 radical (unpaired) electrons. The van der Waals surface area contributed by atoms with Crippen LogP contribution in [0.25, 0.3) is 0 Å². The normalized spacial score (nSPS) is 10.6. The Bertz CT molecular complexity index is 979. The van der Waals surface area contributed by atoms with Crippen molar-refractivity contribution in [3.8, 4) is 11.5 Å². The van der Waals surface area contributed by atoms with E-state index in [0.29, 0.717) is 29.7 Å². The van der Waals surface area contributed by atoms with Crippen molar-refractivity contribution in [2.45, 2.75) is 20.1 Å². The monoisotopic (exact) mass is 479 g/mol. The van der Waals surface area contributed by atoms with Crippen molar-refractivity contribution < 1.29 is 9.47 Å². The van der Waals surface area contributed by atoms with Gasteiger partial charge in [0.15, 0.2) is 11.5 Å². The predicted molar refractivity (Wildman–Crippen MR) is 120 cm³/mol. The van der Waals surface area contributed by atoms with Crippen LogP contribution in [0.3, 0.4) is 0 Å². The molecule has 0 amide bonds. The predicted octanol–water partition coefficient (Wildman–Crippen LogP) is 7.26. The van der Waals surface area contributed by atoms with E-state index in [-0.39, 0.29) is 0 Å². The van der Waals surface area contributed by atoms with Crippen LogP contribution in [-0.4, -0.2) is 7.11 Å². The zero-order valence-electron chi connectivity index (χ0n) is 15.6. The summed E-state index contributed by atoms with van der Waals surface area (Å²) in [5.41, 5.74) is 4.06. The number of halogens is 3. The van der Waals surface area contributed by atoms with Crippen LogP contribution >= 0.6 is 39.1 Å². The minimum absolute atomic E-state index is 0.398. The number of nitrogens with one attached hydrogen (secondary N) is 1. The summed E-state index contributed by atoms with van der Waals surface area (Å²) in [4.78, 5) is 0. The summed E-state index contributed by atoms with van der Waals surface area (Å²) in [7, 11) is 1.63. The van der Waals surface area contributed by atoms with E-state index in [2.05, 4.69) is 21.2 Å². The largest absolute Gasteiger partial charge is 0.493 e. The van der Waals surface area contributed by atoms with Crippen molar-refractivity contribution in [1.82, 2.24) is 0 Å². The first-order valence-corrected chi connectivity index (χ1v) is 10.2. The van der Waals surface area contributed by atoms with Gasteiger partial charge in [-0.3, -0.25) is 0 Å². The average molecular weight is 481 g/mol. The van der Waals surface area contributed by atoms with E-state index >= 15 is 0 Å². The van der Waals surface area contributed by atoms with Crippen LogP contribution in [0, 0.1) is 6.92 Å². The standard InChI is InChI=1S/C22H20BrCl2NO2/c1-14-6-7-18(11-20(14)25)26-12-16-9-19(23)22(21(10-16)27-2)28-13-15-4-3-5-17(24)8-15/h3-11,26H,12-13H2,1-2H3. The maximum atomic E-state index is 6.19. The molecule has 0 spiro atoms. The van der Waals surface area contributed by atoms with E-state index in [9.17, 15) is 0 Å². The Kier molecular flexibility index (Phi) is 7.11. The molecule has 3 aromatic rings. The Labute approximate surface area is 183 Å². The van der Waals surface area contributed by atoms with Gasteiger partial charge in [0.1, 0.15) is 6.61 Å². The molecule has 28 heavy (non-hydrogen) atoms. The fraction of sp³-hybridized carbons (Fsp3) is 0.182. The van der Waals surface area contributed by atoms with Gasteiger partial charge >= 0.3 is 0 Å². The summed E-state index contributed by atoms with van der Waals surface area (Å²) >= 11 is 15.8. The molecule has 0 unspecified atom stereocenters. The van der Waals surface area contributed by atoms with E-state index in [0.717, 1.165) is 31.9 Å². The topological polar surface area (TPSA) is 30.5 Å². The molecular weight excluding hydrogens is 461 g/mol. The quantitative estimate of drug-likeness (QED) is 0.385. The molecule has 0 saturated heterocycles. The molecule has 0 heterocycles. The SMILES string of the molecule is COc1cc(CNc2ccc(C)c(Cl)c2)cc(Br)c1OCc1cccc(Cl)c1. The molecule has 3 nitrogen and oxygen atoms in total. The van der Waals surface area contributed by atoms with Gasteiger partial charge in [0.2, 0.25) is 0 Å². The summed E-state index contributed by atoms with van der Waals surface area (Å²) in [5.74, 6) is 1.32. The molecule has 0 atom stereocenters. The lowest BCUT2D eigenvalue weighted by atomic mass is 10.1. The maximum absolute atomic E-state index is 6.19. The van der Waals surface area contributed by atoms with Crippen molar-refractivity contribution in [1.29, 1.82) is 0 Å². The Hall–Kier alpha value is -1.88. The number of methoxy groups -OCH3 is 1. The van der Waals surface area contributed by atoms with Gasteiger partial charge in [0, 0.05) is 22.3 Å². The number of benzene rings is 3. The minimum atomic E-state index is 0.398. The lowest BCUT2D eigenvalue weighted by molar-refractivity contribution is 0.282. The molecule has 0 aliphatic heterocycles. The van der Waals surface area contributed by atoms with Gasteiger partial charge in [-0.2, -0.15) is 0 Å². The maximum Gasteiger partial charge on any atom is 0.175 e. The lowest BCUT2D eigenvalue weighted by Gasteiger charge is -2.15. The Morgan fingerprint density at radius 2 is 1.82 bits per heavy atom. The van der Waals surface area contributed by atoms with Crippen molar-refractivity contribution >= 4 is 44.8 Å². The number of hydrogen-bond donors (Lipinski definition) is 1. The molecular formula is C22H20BrCl2NO2. The zero-order valence-corrected chi connectivity index (χ0v) is 18.7. The summed E-state index contributed by atoms with van der Waals surface area (Å²) in [6.07, 6.45) is 0. The van der Waals surface area contributed by atoms with Crippen molar-refractivity contribution in [3.05, 3.63) is 85.8 Å². The highest BCUT2D eigenvalue weighted by atomic mass is 79.9. The van der Waals surface area contributed by atoms with E-state index in [1.807, 2.05) is 61.5 Å². The molecule has 3 aromatic carbocycles. The number of ether oxygens (including phenoxy) is 2. The fourth-order valence-corrected chi connectivity index (χ4v) is 3.70. The van der Waals surface area contributed by atoms with E-state index in [1.54, 1.807) is 7.11 Å². The van der Waals surface area contributed by atoms with Crippen molar-refractivity contribution in [2.24, 2.45) is 0 Å². The third kappa shape index (κ3) is 5.34. The first kappa shape index (κ1) is 20.8. The molecule has 3 rings (SSSR count).